The molecule has 0 unspecified atom stereocenters. The van der Waals surface area contributed by atoms with E-state index in [2.05, 4.69) is 7.85 Å². The minimum Gasteiger partial charge on any atom is -0.289 e. The molecule has 26 valence electrons. The first-order chi connectivity index (χ1) is 2.27. The molecule has 0 spiro atoms. The molecule has 0 aromatic carbocycles. The molecule has 0 bridgehead atoms. The third-order valence-electron chi connectivity index (χ3n) is 0.110. The lowest BCUT2D eigenvalue weighted by Gasteiger charge is -1.79. The Morgan fingerprint density at radius 3 is 2.20 bits per heavy atom. The smallest absolute Gasteiger partial charge is 0.203 e. The zero-order valence-corrected chi connectivity index (χ0v) is 2.43. The maximum Gasteiger partial charge on any atom is 0.203 e. The van der Waals surface area contributed by atoms with E-state index in [1.165, 1.54) is 5.48 Å². The normalized spacial score (nSPS) is 6.60. The minimum atomic E-state index is -0.940. The fourth-order valence-corrected chi connectivity index (χ4v) is 0. The zero-order chi connectivity index (χ0) is 4.28. The van der Waals surface area contributed by atoms with Crippen LogP contribution in [0.15, 0.2) is 0 Å². The Morgan fingerprint density at radius 2 is 2.20 bits per heavy atom. The first kappa shape index (κ1) is 4.49. The van der Waals surface area contributed by atoms with Crippen LogP contribution in [0.4, 0.5) is 4.79 Å². The number of hydrogen-bond acceptors (Lipinski definition) is 2. The van der Waals surface area contributed by atoms with E-state index < -0.39 is 5.81 Å². The SMILES string of the molecule is [B]C(=O)NO. The standard InChI is InChI=1S/CH2BNO2/c2-1(4)3-5/h5H,(H,3,4). The third kappa shape index (κ3) is 3.49. The monoisotopic (exact) mass is 71.0 g/mol. The lowest BCUT2D eigenvalue weighted by molar-refractivity contribution is 0.179. The largest absolute Gasteiger partial charge is 0.289 e. The molecule has 0 aromatic heterocycles. The summed E-state index contributed by atoms with van der Waals surface area (Å²) in [6, 6.07) is 0. The van der Waals surface area contributed by atoms with E-state index >= 15 is 0 Å². The first-order valence-corrected chi connectivity index (χ1v) is 0.966. The van der Waals surface area contributed by atoms with E-state index in [1.54, 1.807) is 0 Å². The Kier molecular flexibility index (Phi) is 1.60. The second-order valence-electron chi connectivity index (χ2n) is 0.476. The molecule has 0 rings (SSSR count). The van der Waals surface area contributed by atoms with Crippen LogP contribution >= 0.6 is 0 Å². The van der Waals surface area contributed by atoms with E-state index in [4.69, 9.17) is 5.21 Å². The van der Waals surface area contributed by atoms with Gasteiger partial charge < -0.3 is 0 Å². The zero-order valence-electron chi connectivity index (χ0n) is 2.43. The average molecular weight is 70.8 g/mol. The Balaban J connectivity index is 2.85. The molecule has 3 nitrogen and oxygen atoms in total. The van der Waals surface area contributed by atoms with Crippen LogP contribution in [0, 0.1) is 0 Å². The van der Waals surface area contributed by atoms with Crippen LogP contribution in [-0.4, -0.2) is 18.9 Å². The van der Waals surface area contributed by atoms with Crippen molar-refractivity contribution < 1.29 is 10.0 Å². The lowest BCUT2D eigenvalue weighted by atomic mass is 10.1. The molecule has 0 aliphatic rings. The minimum absolute atomic E-state index is 0.940. The van der Waals surface area contributed by atoms with Crippen LogP contribution in [0.2, 0.25) is 0 Å². The molecule has 0 aliphatic heterocycles. The van der Waals surface area contributed by atoms with Crippen molar-refractivity contribution in [3.63, 3.8) is 0 Å². The van der Waals surface area contributed by atoms with E-state index in [0.29, 0.717) is 0 Å². The number of rotatable bonds is 0. The number of carbonyl (C=O) groups is 1. The Morgan fingerprint density at radius 1 is 2.00 bits per heavy atom. The lowest BCUT2D eigenvalue weighted by Crippen LogP contribution is -2.15. The van der Waals surface area contributed by atoms with Crippen molar-refractivity contribution in [3.8, 4) is 0 Å². The molecule has 2 N–H and O–H groups in total. The van der Waals surface area contributed by atoms with Gasteiger partial charge in [-0.25, -0.2) is 5.48 Å². The van der Waals surface area contributed by atoms with Gasteiger partial charge in [0.1, 0.15) is 0 Å². The highest BCUT2D eigenvalue weighted by molar-refractivity contribution is 6.56. The predicted octanol–water partition coefficient (Wildman–Crippen LogP) is -0.746. The van der Waals surface area contributed by atoms with Crippen LogP contribution in [0.3, 0.4) is 0 Å². The van der Waals surface area contributed by atoms with Crippen molar-refractivity contribution in [1.29, 1.82) is 0 Å². The molecule has 0 aliphatic carbocycles. The highest BCUT2D eigenvalue weighted by Crippen LogP contribution is 1.44. The number of nitrogens with one attached hydrogen (secondary N) is 1. The Bertz CT molecular complexity index is 44.9. The summed E-state index contributed by atoms with van der Waals surface area (Å²) >= 11 is 0. The number of carbonyl (C=O) groups excluding carboxylic acids is 1. The molecule has 2 radical (unpaired) electrons. The van der Waals surface area contributed by atoms with E-state index in [0.717, 1.165) is 0 Å². The summed E-state index contributed by atoms with van der Waals surface area (Å²) in [5.41, 5.74) is 1.17. The molecule has 0 atom stereocenters. The fourth-order valence-electron chi connectivity index (χ4n) is 0. The van der Waals surface area contributed by atoms with Gasteiger partial charge in [-0.1, -0.05) is 0 Å². The summed E-state index contributed by atoms with van der Waals surface area (Å²) in [4.78, 5) is 9.23. The fraction of sp³-hybridized carbons (Fsp3) is 0. The highest BCUT2D eigenvalue weighted by Gasteiger charge is 1.74. The summed E-state index contributed by atoms with van der Waals surface area (Å²) in [7, 11) is 4.29. The average Bonchev–Trinajstić information content (AvgIpc) is 1.38. The topological polar surface area (TPSA) is 49.3 Å². The maximum absolute atomic E-state index is 9.23. The van der Waals surface area contributed by atoms with E-state index in [1.807, 2.05) is 0 Å². The van der Waals surface area contributed by atoms with Gasteiger partial charge in [-0.3, -0.25) is 10.0 Å². The number of amides is 1. The summed E-state index contributed by atoms with van der Waals surface area (Å²) in [6.45, 7) is 0. The predicted molar refractivity (Wildman–Crippen MR) is 16.1 cm³/mol. The Labute approximate surface area is 30.4 Å². The van der Waals surface area contributed by atoms with Gasteiger partial charge >= 0.3 is 0 Å². The third-order valence-corrected chi connectivity index (χ3v) is 0.110. The second-order valence-corrected chi connectivity index (χ2v) is 0.476. The van der Waals surface area contributed by atoms with Crippen LogP contribution in [0.5, 0.6) is 0 Å². The molecule has 0 saturated heterocycles. The van der Waals surface area contributed by atoms with Gasteiger partial charge in [0.05, 0.1) is 0 Å². The quantitative estimate of drug-likeness (QED) is 0.224. The van der Waals surface area contributed by atoms with Crippen molar-refractivity contribution in [2.24, 2.45) is 0 Å². The summed E-state index contributed by atoms with van der Waals surface area (Å²) in [5, 5.41) is 7.42. The van der Waals surface area contributed by atoms with Gasteiger partial charge in [0, 0.05) is 0 Å². The second kappa shape index (κ2) is 1.78. The van der Waals surface area contributed by atoms with Crippen LogP contribution < -0.4 is 5.48 Å². The molecular formula is CH2BNO2. The molecule has 0 saturated carbocycles. The highest BCUT2D eigenvalue weighted by atomic mass is 16.5. The van der Waals surface area contributed by atoms with E-state index in [9.17, 15) is 4.79 Å². The summed E-state index contributed by atoms with van der Waals surface area (Å²) in [6.07, 6.45) is 0. The van der Waals surface area contributed by atoms with Crippen molar-refractivity contribution >= 4 is 13.7 Å². The van der Waals surface area contributed by atoms with Gasteiger partial charge in [0.15, 0.2) is 5.81 Å². The van der Waals surface area contributed by atoms with Gasteiger partial charge in [0.2, 0.25) is 7.85 Å². The number of hydroxylamine groups is 1. The number of hydrogen-bond donors (Lipinski definition) is 2. The molecule has 4 heteroatoms. The van der Waals surface area contributed by atoms with Gasteiger partial charge in [-0.15, -0.1) is 0 Å². The molecular weight excluding hydrogens is 68.8 g/mol. The molecule has 5 heavy (non-hydrogen) atoms. The van der Waals surface area contributed by atoms with Crippen molar-refractivity contribution in [2.45, 2.75) is 0 Å². The van der Waals surface area contributed by atoms with Crippen molar-refractivity contribution in [2.75, 3.05) is 0 Å². The van der Waals surface area contributed by atoms with Crippen molar-refractivity contribution in [3.05, 3.63) is 0 Å². The van der Waals surface area contributed by atoms with Gasteiger partial charge in [-0.2, -0.15) is 0 Å². The van der Waals surface area contributed by atoms with Gasteiger partial charge in [-0.05, 0) is 0 Å². The Hall–Kier alpha value is -0.505. The van der Waals surface area contributed by atoms with Gasteiger partial charge in [0.25, 0.3) is 0 Å². The van der Waals surface area contributed by atoms with Crippen LogP contribution in [0.25, 0.3) is 0 Å². The van der Waals surface area contributed by atoms with Crippen LogP contribution in [0.1, 0.15) is 0 Å². The molecule has 0 heterocycles. The molecule has 0 aromatic rings. The van der Waals surface area contributed by atoms with E-state index in [-0.39, 0.29) is 0 Å². The summed E-state index contributed by atoms with van der Waals surface area (Å²) in [5.74, 6) is -0.940. The first-order valence-electron chi connectivity index (χ1n) is 0.966. The summed E-state index contributed by atoms with van der Waals surface area (Å²) < 4.78 is 0. The molecule has 0 fully saturated rings. The van der Waals surface area contributed by atoms with Crippen LogP contribution in [-0.2, 0) is 0 Å². The maximum atomic E-state index is 9.23. The molecule has 1 amide bonds. The van der Waals surface area contributed by atoms with Crippen molar-refractivity contribution in [1.82, 2.24) is 5.48 Å².